The van der Waals surface area contributed by atoms with Gasteiger partial charge in [0.25, 0.3) is 0 Å². The molecule has 0 saturated carbocycles. The number of rotatable bonds is 17. The molecule has 0 aliphatic carbocycles. The lowest BCUT2D eigenvalue weighted by Crippen LogP contribution is -1.96. The van der Waals surface area contributed by atoms with Crippen LogP contribution < -0.4 is 0 Å². The second-order valence-electron chi connectivity index (χ2n) is 6.32. The Balaban J connectivity index is 3.54. The molecular formula is C25H38OS. The van der Waals surface area contributed by atoms with Crippen molar-refractivity contribution in [3.63, 3.8) is 0 Å². The Morgan fingerprint density at radius 2 is 1.04 bits per heavy atom. The summed E-state index contributed by atoms with van der Waals surface area (Å²) in [6.07, 6.45) is 35.5. The van der Waals surface area contributed by atoms with Gasteiger partial charge in [0, 0.05) is 12.8 Å². The quantitative estimate of drug-likeness (QED) is 0.200. The first-order valence-corrected chi connectivity index (χ1v) is 11.0. The largest absolute Gasteiger partial charge is 0.300 e. The number of hydrogen-bond acceptors (Lipinski definition) is 2. The van der Waals surface area contributed by atoms with Gasteiger partial charge in [-0.2, -0.15) is 12.6 Å². The Morgan fingerprint density at radius 1 is 0.630 bits per heavy atom. The molecule has 2 heteroatoms. The molecule has 0 atom stereocenters. The Kier molecular flexibility index (Phi) is 21.2. The first kappa shape index (κ1) is 25.5. The summed E-state index contributed by atoms with van der Waals surface area (Å²) in [6, 6.07) is 0. The van der Waals surface area contributed by atoms with Gasteiger partial charge in [-0.05, 0) is 57.1 Å². The molecule has 0 aromatic rings. The Morgan fingerprint density at radius 3 is 1.44 bits per heavy atom. The fraction of sp³-hybridized carbons (Fsp3) is 0.480. The molecule has 1 nitrogen and oxygen atoms in total. The molecule has 0 radical (unpaired) electrons. The molecular weight excluding hydrogens is 348 g/mol. The third kappa shape index (κ3) is 22.4. The highest BCUT2D eigenvalue weighted by Gasteiger charge is 1.98. The van der Waals surface area contributed by atoms with Crippen LogP contribution in [0.1, 0.15) is 71.1 Å². The van der Waals surface area contributed by atoms with Crippen molar-refractivity contribution in [1.29, 1.82) is 0 Å². The van der Waals surface area contributed by atoms with Gasteiger partial charge in [-0.25, -0.2) is 0 Å². The molecule has 0 amide bonds. The molecule has 0 aliphatic heterocycles. The highest BCUT2D eigenvalue weighted by atomic mass is 32.1. The van der Waals surface area contributed by atoms with Gasteiger partial charge in [-0.1, -0.05) is 79.8 Å². The van der Waals surface area contributed by atoms with E-state index in [1.54, 1.807) is 0 Å². The standard InChI is InChI=1S/C25H38OS/c1-2-3-4-5-6-7-8-9-10-11-12-13-14-15-16-17-18-19-20-22-25(26)23-21-24-27/h3-4,6-7,9-10,12-13,15-16,18-19,27H,2,5,8,11,14,17,20-24H2,1H3/b4-3-,7-6-,10-9-,13-12-,16-15-,19-18-. The fourth-order valence-electron chi connectivity index (χ4n) is 2.29. The normalized spacial score (nSPS) is 13.0. The highest BCUT2D eigenvalue weighted by Crippen LogP contribution is 2.02. The van der Waals surface area contributed by atoms with Crippen molar-refractivity contribution in [2.75, 3.05) is 5.75 Å². The van der Waals surface area contributed by atoms with Crippen LogP contribution in [-0.4, -0.2) is 11.5 Å². The third-order valence-electron chi connectivity index (χ3n) is 3.80. The fourth-order valence-corrected chi connectivity index (χ4v) is 2.44. The molecule has 0 unspecified atom stereocenters. The van der Waals surface area contributed by atoms with Gasteiger partial charge in [0.2, 0.25) is 0 Å². The number of hydrogen-bond donors (Lipinski definition) is 1. The predicted molar refractivity (Wildman–Crippen MR) is 126 cm³/mol. The summed E-state index contributed by atoms with van der Waals surface area (Å²) < 4.78 is 0. The summed E-state index contributed by atoms with van der Waals surface area (Å²) in [5.74, 6) is 1.15. The molecule has 0 N–H and O–H groups in total. The Hall–Kier alpha value is -1.54. The van der Waals surface area contributed by atoms with Gasteiger partial charge in [0.1, 0.15) is 5.78 Å². The summed E-state index contributed by atoms with van der Waals surface area (Å²) in [7, 11) is 0. The maximum Gasteiger partial charge on any atom is 0.133 e. The topological polar surface area (TPSA) is 17.1 Å². The van der Waals surface area contributed by atoms with Crippen LogP contribution in [0.2, 0.25) is 0 Å². The van der Waals surface area contributed by atoms with Crippen molar-refractivity contribution in [3.8, 4) is 0 Å². The van der Waals surface area contributed by atoms with Crippen molar-refractivity contribution in [1.82, 2.24) is 0 Å². The number of thiol groups is 1. The lowest BCUT2D eigenvalue weighted by molar-refractivity contribution is -0.119. The van der Waals surface area contributed by atoms with Crippen LogP contribution >= 0.6 is 12.6 Å². The molecule has 0 rings (SSSR count). The van der Waals surface area contributed by atoms with E-state index < -0.39 is 0 Å². The molecule has 0 aromatic carbocycles. The van der Waals surface area contributed by atoms with Crippen molar-refractivity contribution < 1.29 is 4.79 Å². The van der Waals surface area contributed by atoms with Crippen LogP contribution in [0.15, 0.2) is 72.9 Å². The van der Waals surface area contributed by atoms with E-state index >= 15 is 0 Å². The maximum atomic E-state index is 11.5. The number of allylic oxidation sites excluding steroid dienone is 12. The van der Waals surface area contributed by atoms with Crippen LogP contribution in [0, 0.1) is 0 Å². The third-order valence-corrected chi connectivity index (χ3v) is 4.12. The first-order valence-electron chi connectivity index (χ1n) is 10.3. The maximum absolute atomic E-state index is 11.5. The van der Waals surface area contributed by atoms with E-state index in [0.717, 1.165) is 57.1 Å². The first-order chi connectivity index (χ1) is 13.3. The zero-order valence-corrected chi connectivity index (χ0v) is 18.0. The molecule has 27 heavy (non-hydrogen) atoms. The summed E-state index contributed by atoms with van der Waals surface area (Å²) in [6.45, 7) is 2.16. The summed E-state index contributed by atoms with van der Waals surface area (Å²) in [5, 5.41) is 0. The monoisotopic (exact) mass is 386 g/mol. The average molecular weight is 387 g/mol. The van der Waals surface area contributed by atoms with E-state index in [4.69, 9.17) is 0 Å². The van der Waals surface area contributed by atoms with E-state index in [9.17, 15) is 4.79 Å². The van der Waals surface area contributed by atoms with E-state index in [2.05, 4.69) is 92.5 Å². The van der Waals surface area contributed by atoms with Crippen molar-refractivity contribution in [2.45, 2.75) is 71.1 Å². The van der Waals surface area contributed by atoms with Crippen molar-refractivity contribution in [3.05, 3.63) is 72.9 Å². The second-order valence-corrected chi connectivity index (χ2v) is 6.77. The van der Waals surface area contributed by atoms with Gasteiger partial charge in [-0.15, -0.1) is 0 Å². The summed E-state index contributed by atoms with van der Waals surface area (Å²) in [5.41, 5.74) is 0. The minimum atomic E-state index is 0.351. The van der Waals surface area contributed by atoms with E-state index in [1.807, 2.05) is 0 Å². The predicted octanol–water partition coefficient (Wildman–Crippen LogP) is 7.74. The van der Waals surface area contributed by atoms with Crippen LogP contribution in [0.5, 0.6) is 0 Å². The molecule has 0 fully saturated rings. The van der Waals surface area contributed by atoms with E-state index in [0.29, 0.717) is 18.6 Å². The van der Waals surface area contributed by atoms with Gasteiger partial charge < -0.3 is 0 Å². The van der Waals surface area contributed by atoms with Gasteiger partial charge in [0.05, 0.1) is 0 Å². The molecule has 150 valence electrons. The van der Waals surface area contributed by atoms with Gasteiger partial charge in [0.15, 0.2) is 0 Å². The molecule has 0 spiro atoms. The summed E-state index contributed by atoms with van der Waals surface area (Å²) in [4.78, 5) is 11.5. The zero-order chi connectivity index (χ0) is 19.8. The minimum Gasteiger partial charge on any atom is -0.300 e. The van der Waals surface area contributed by atoms with E-state index in [1.165, 1.54) is 0 Å². The number of ketones is 1. The van der Waals surface area contributed by atoms with Crippen molar-refractivity contribution in [2.24, 2.45) is 0 Å². The minimum absolute atomic E-state index is 0.351. The van der Waals surface area contributed by atoms with Crippen LogP contribution in [0.4, 0.5) is 0 Å². The van der Waals surface area contributed by atoms with Gasteiger partial charge >= 0.3 is 0 Å². The Bertz CT molecular complexity index is 506. The smallest absolute Gasteiger partial charge is 0.133 e. The number of Topliss-reactive ketones (excluding diaryl/α,β-unsaturated/α-hetero) is 1. The highest BCUT2D eigenvalue weighted by molar-refractivity contribution is 7.80. The SMILES string of the molecule is CC/C=C\C/C=C\C/C=C\C/C=C\C/C=C\C/C=C\CCC(=O)CCCS. The molecule has 0 aromatic heterocycles. The number of carbonyl (C=O) groups is 1. The van der Waals surface area contributed by atoms with E-state index in [-0.39, 0.29) is 0 Å². The molecule has 0 bridgehead atoms. The summed E-state index contributed by atoms with van der Waals surface area (Å²) >= 11 is 4.12. The van der Waals surface area contributed by atoms with Crippen LogP contribution in [0.25, 0.3) is 0 Å². The molecule has 0 saturated heterocycles. The Labute approximate surface area is 173 Å². The van der Waals surface area contributed by atoms with Crippen LogP contribution in [0.3, 0.4) is 0 Å². The number of carbonyl (C=O) groups excluding carboxylic acids is 1. The zero-order valence-electron chi connectivity index (χ0n) is 17.1. The molecule has 0 aliphatic rings. The lowest BCUT2D eigenvalue weighted by atomic mass is 10.1. The average Bonchev–Trinajstić information content (AvgIpc) is 2.68. The second kappa shape index (κ2) is 22.5. The van der Waals surface area contributed by atoms with Gasteiger partial charge in [-0.3, -0.25) is 4.79 Å². The molecule has 0 heterocycles. The lowest BCUT2D eigenvalue weighted by Gasteiger charge is -1.95. The van der Waals surface area contributed by atoms with Crippen molar-refractivity contribution >= 4 is 18.4 Å². The van der Waals surface area contributed by atoms with Crippen LogP contribution in [-0.2, 0) is 4.79 Å².